The van der Waals surface area contributed by atoms with Crippen molar-refractivity contribution in [2.75, 3.05) is 25.0 Å². The topological polar surface area (TPSA) is 58.4 Å². The molecule has 1 atom stereocenters. The summed E-state index contributed by atoms with van der Waals surface area (Å²) in [6.45, 7) is 2.48. The minimum atomic E-state index is -0.00392. The second-order valence-corrected chi connectivity index (χ2v) is 5.25. The van der Waals surface area contributed by atoms with Crippen LogP contribution in [0, 0.1) is 0 Å². The molecule has 1 aliphatic heterocycles. The number of nitrogens with two attached hydrogens (primary N) is 1. The van der Waals surface area contributed by atoms with E-state index in [-0.39, 0.29) is 18.3 Å². The first kappa shape index (κ1) is 17.2. The molecule has 1 aromatic carbocycles. The zero-order valence-corrected chi connectivity index (χ0v) is 12.9. The fourth-order valence-corrected chi connectivity index (χ4v) is 2.66. The standard InChI is InChI=1S/C14H20ClN3O.ClH/c15-12-5-1-2-6-13(12)17-14(19)7-9-18-8-3-4-11(18)10-16;/h1-2,5-6,11H,3-4,7-10,16H2,(H,17,19);1H. The summed E-state index contributed by atoms with van der Waals surface area (Å²) in [6, 6.07) is 7.70. The lowest BCUT2D eigenvalue weighted by Crippen LogP contribution is -2.37. The summed E-state index contributed by atoms with van der Waals surface area (Å²) in [4.78, 5) is 14.2. The van der Waals surface area contributed by atoms with E-state index in [9.17, 15) is 4.79 Å². The van der Waals surface area contributed by atoms with E-state index < -0.39 is 0 Å². The van der Waals surface area contributed by atoms with Gasteiger partial charge in [-0.25, -0.2) is 0 Å². The molecule has 0 bridgehead atoms. The maximum absolute atomic E-state index is 11.9. The van der Waals surface area contributed by atoms with Gasteiger partial charge in [0.15, 0.2) is 0 Å². The van der Waals surface area contributed by atoms with Crippen LogP contribution >= 0.6 is 24.0 Å². The largest absolute Gasteiger partial charge is 0.329 e. The van der Waals surface area contributed by atoms with E-state index in [4.69, 9.17) is 17.3 Å². The van der Waals surface area contributed by atoms with E-state index >= 15 is 0 Å². The number of benzene rings is 1. The van der Waals surface area contributed by atoms with Crippen LogP contribution in [0.5, 0.6) is 0 Å². The first-order chi connectivity index (χ1) is 9.20. The predicted octanol–water partition coefficient (Wildman–Crippen LogP) is 2.51. The van der Waals surface area contributed by atoms with Crippen molar-refractivity contribution in [1.82, 2.24) is 4.90 Å². The van der Waals surface area contributed by atoms with Crippen LogP contribution in [0.1, 0.15) is 19.3 Å². The Hall–Kier alpha value is -0.810. The van der Waals surface area contributed by atoms with Crippen LogP contribution in [0.4, 0.5) is 5.69 Å². The van der Waals surface area contributed by atoms with Crippen LogP contribution in [0.25, 0.3) is 0 Å². The molecule has 1 saturated heterocycles. The van der Waals surface area contributed by atoms with Crippen molar-refractivity contribution in [3.63, 3.8) is 0 Å². The number of nitrogens with zero attached hydrogens (tertiary/aromatic N) is 1. The van der Waals surface area contributed by atoms with Crippen LogP contribution in [-0.4, -0.2) is 36.5 Å². The van der Waals surface area contributed by atoms with Crippen molar-refractivity contribution in [3.05, 3.63) is 29.3 Å². The van der Waals surface area contributed by atoms with Gasteiger partial charge in [-0.1, -0.05) is 23.7 Å². The first-order valence-corrected chi connectivity index (χ1v) is 7.07. The van der Waals surface area contributed by atoms with Gasteiger partial charge in [0.05, 0.1) is 10.7 Å². The minimum absolute atomic E-state index is 0. The Kier molecular flexibility index (Phi) is 7.30. The van der Waals surface area contributed by atoms with Crippen molar-refractivity contribution < 1.29 is 4.79 Å². The molecule has 0 spiro atoms. The van der Waals surface area contributed by atoms with Crippen LogP contribution in [0.3, 0.4) is 0 Å². The second kappa shape index (κ2) is 8.47. The zero-order chi connectivity index (χ0) is 13.7. The number of likely N-dealkylation sites (tertiary alicyclic amines) is 1. The van der Waals surface area contributed by atoms with Crippen LogP contribution < -0.4 is 11.1 Å². The lowest BCUT2D eigenvalue weighted by Gasteiger charge is -2.22. The number of amides is 1. The van der Waals surface area contributed by atoms with Gasteiger partial charge in [0.1, 0.15) is 0 Å². The van der Waals surface area contributed by atoms with Gasteiger partial charge >= 0.3 is 0 Å². The number of carbonyl (C=O) groups is 1. The number of carbonyl (C=O) groups excluding carboxylic acids is 1. The Balaban J connectivity index is 0.00000200. The van der Waals surface area contributed by atoms with Crippen molar-refractivity contribution in [1.29, 1.82) is 0 Å². The van der Waals surface area contributed by atoms with E-state index in [2.05, 4.69) is 10.2 Å². The van der Waals surface area contributed by atoms with E-state index in [1.807, 2.05) is 12.1 Å². The molecule has 4 nitrogen and oxygen atoms in total. The van der Waals surface area contributed by atoms with Crippen molar-refractivity contribution in [3.8, 4) is 0 Å². The van der Waals surface area contributed by atoms with Gasteiger partial charge < -0.3 is 11.1 Å². The molecule has 1 fully saturated rings. The van der Waals surface area contributed by atoms with Gasteiger partial charge in [-0.2, -0.15) is 0 Å². The third-order valence-electron chi connectivity index (χ3n) is 3.55. The van der Waals surface area contributed by atoms with Gasteiger partial charge in [-0.3, -0.25) is 9.69 Å². The van der Waals surface area contributed by atoms with Crippen molar-refractivity contribution >= 4 is 35.6 Å². The smallest absolute Gasteiger partial charge is 0.225 e. The molecule has 0 saturated carbocycles. The van der Waals surface area contributed by atoms with Gasteiger partial charge in [0.25, 0.3) is 0 Å². The Bertz CT molecular complexity index is 442. The van der Waals surface area contributed by atoms with Gasteiger partial charge in [0.2, 0.25) is 5.91 Å². The summed E-state index contributed by atoms with van der Waals surface area (Å²) in [5.74, 6) is -0.00392. The highest BCUT2D eigenvalue weighted by molar-refractivity contribution is 6.33. The van der Waals surface area contributed by atoms with Crippen LogP contribution in [0.15, 0.2) is 24.3 Å². The molecular formula is C14H21Cl2N3O. The highest BCUT2D eigenvalue weighted by atomic mass is 35.5. The SMILES string of the molecule is Cl.NCC1CCCN1CCC(=O)Nc1ccccc1Cl. The third-order valence-corrected chi connectivity index (χ3v) is 3.87. The molecule has 112 valence electrons. The number of nitrogens with one attached hydrogen (secondary N) is 1. The van der Waals surface area contributed by atoms with Crippen LogP contribution in [0.2, 0.25) is 5.02 Å². The Morgan fingerprint density at radius 2 is 2.20 bits per heavy atom. The molecule has 1 unspecified atom stereocenters. The molecule has 0 radical (unpaired) electrons. The lowest BCUT2D eigenvalue weighted by atomic mass is 10.2. The zero-order valence-electron chi connectivity index (χ0n) is 11.3. The van der Waals surface area contributed by atoms with E-state index in [1.54, 1.807) is 12.1 Å². The molecule has 1 aromatic rings. The number of para-hydroxylation sites is 1. The molecular weight excluding hydrogens is 297 g/mol. The van der Waals surface area contributed by atoms with Gasteiger partial charge in [-0.05, 0) is 31.5 Å². The molecule has 20 heavy (non-hydrogen) atoms. The molecule has 0 aliphatic carbocycles. The van der Waals surface area contributed by atoms with Crippen molar-refractivity contribution in [2.24, 2.45) is 5.73 Å². The summed E-state index contributed by atoms with van der Waals surface area (Å²) in [5.41, 5.74) is 6.39. The maximum Gasteiger partial charge on any atom is 0.225 e. The number of hydrogen-bond donors (Lipinski definition) is 2. The number of rotatable bonds is 5. The normalized spacial score (nSPS) is 18.6. The Morgan fingerprint density at radius 1 is 1.45 bits per heavy atom. The number of halogens is 2. The average Bonchev–Trinajstić information content (AvgIpc) is 2.86. The minimum Gasteiger partial charge on any atom is -0.329 e. The second-order valence-electron chi connectivity index (χ2n) is 4.85. The summed E-state index contributed by atoms with van der Waals surface area (Å²) >= 11 is 6.00. The van der Waals surface area contributed by atoms with Gasteiger partial charge in [-0.15, -0.1) is 12.4 Å². The summed E-state index contributed by atoms with van der Waals surface area (Å²) in [7, 11) is 0. The fourth-order valence-electron chi connectivity index (χ4n) is 2.48. The van der Waals surface area contributed by atoms with Gasteiger partial charge in [0, 0.05) is 25.6 Å². The molecule has 1 amide bonds. The monoisotopic (exact) mass is 317 g/mol. The molecule has 1 aliphatic rings. The fraction of sp³-hybridized carbons (Fsp3) is 0.500. The maximum atomic E-state index is 11.9. The van der Waals surface area contributed by atoms with Crippen LogP contribution in [-0.2, 0) is 4.79 Å². The average molecular weight is 318 g/mol. The summed E-state index contributed by atoms with van der Waals surface area (Å²) in [6.07, 6.45) is 2.79. The summed E-state index contributed by atoms with van der Waals surface area (Å²) in [5, 5.41) is 3.40. The quantitative estimate of drug-likeness (QED) is 0.877. The molecule has 1 heterocycles. The third kappa shape index (κ3) is 4.63. The molecule has 6 heteroatoms. The Morgan fingerprint density at radius 3 is 2.90 bits per heavy atom. The highest BCUT2D eigenvalue weighted by Gasteiger charge is 2.23. The van der Waals surface area contributed by atoms with Crippen molar-refractivity contribution in [2.45, 2.75) is 25.3 Å². The highest BCUT2D eigenvalue weighted by Crippen LogP contribution is 2.21. The van der Waals surface area contributed by atoms with E-state index in [0.29, 0.717) is 29.7 Å². The predicted molar refractivity (Wildman–Crippen MR) is 85.6 cm³/mol. The first-order valence-electron chi connectivity index (χ1n) is 6.69. The molecule has 3 N–H and O–H groups in total. The van der Waals surface area contributed by atoms with E-state index in [0.717, 1.165) is 19.5 Å². The number of hydrogen-bond acceptors (Lipinski definition) is 3. The molecule has 2 rings (SSSR count). The Labute approximate surface area is 131 Å². The lowest BCUT2D eigenvalue weighted by molar-refractivity contribution is -0.116. The summed E-state index contributed by atoms with van der Waals surface area (Å²) < 4.78 is 0. The molecule has 0 aromatic heterocycles. The number of anilines is 1. The van der Waals surface area contributed by atoms with E-state index in [1.165, 1.54) is 6.42 Å².